The number of benzene rings is 1. The second-order valence-corrected chi connectivity index (χ2v) is 8.80. The molecule has 140 valence electrons. The molecule has 1 aliphatic heterocycles. The highest BCUT2D eigenvalue weighted by atomic mass is 32.1. The van der Waals surface area contributed by atoms with Crippen LogP contribution in [0.2, 0.25) is 0 Å². The van der Waals surface area contributed by atoms with Gasteiger partial charge in [0.05, 0.1) is 11.6 Å². The first-order valence-corrected chi connectivity index (χ1v) is 10.7. The third-order valence-electron chi connectivity index (χ3n) is 4.66. The minimum atomic E-state index is -0.103. The van der Waals surface area contributed by atoms with Gasteiger partial charge in [0.2, 0.25) is 5.91 Å². The highest BCUT2D eigenvalue weighted by Crippen LogP contribution is 2.27. The van der Waals surface area contributed by atoms with Gasteiger partial charge in [0.15, 0.2) is 0 Å². The van der Waals surface area contributed by atoms with Crippen molar-refractivity contribution in [2.75, 3.05) is 11.9 Å². The monoisotopic (exact) mass is 399 g/mol. The smallest absolute Gasteiger partial charge is 0.241 e. The zero-order valence-electron chi connectivity index (χ0n) is 15.1. The van der Waals surface area contributed by atoms with E-state index in [4.69, 9.17) is 0 Å². The third-order valence-corrected chi connectivity index (χ3v) is 6.31. The molecule has 3 aromatic rings. The topological polar surface area (TPSA) is 71.0 Å². The molecule has 1 saturated heterocycles. The van der Waals surface area contributed by atoms with Crippen molar-refractivity contribution in [3.8, 4) is 10.6 Å². The van der Waals surface area contributed by atoms with E-state index in [1.807, 2.05) is 42.9 Å². The van der Waals surface area contributed by atoms with E-state index in [0.717, 1.165) is 53.6 Å². The summed E-state index contributed by atoms with van der Waals surface area (Å²) in [6.07, 6.45) is 5.00. The molecule has 0 saturated carbocycles. The number of hydrogen-bond acceptors (Lipinski definition) is 7. The Morgan fingerprint density at radius 1 is 1.33 bits per heavy atom. The summed E-state index contributed by atoms with van der Waals surface area (Å²) >= 11 is 3.19. The highest BCUT2D eigenvalue weighted by molar-refractivity contribution is 7.14. The van der Waals surface area contributed by atoms with Gasteiger partial charge in [-0.15, -0.1) is 21.5 Å². The van der Waals surface area contributed by atoms with Crippen molar-refractivity contribution < 1.29 is 4.79 Å². The lowest BCUT2D eigenvalue weighted by Gasteiger charge is -2.34. The number of thiazole rings is 1. The van der Waals surface area contributed by atoms with E-state index in [1.165, 1.54) is 4.88 Å². The van der Waals surface area contributed by atoms with Crippen LogP contribution in [0, 0.1) is 6.92 Å². The fourth-order valence-corrected chi connectivity index (χ4v) is 4.67. The van der Waals surface area contributed by atoms with E-state index >= 15 is 0 Å². The van der Waals surface area contributed by atoms with Crippen molar-refractivity contribution in [1.82, 2.24) is 20.1 Å². The first-order valence-electron chi connectivity index (χ1n) is 9.02. The molecule has 0 radical (unpaired) electrons. The van der Waals surface area contributed by atoms with Crippen LogP contribution in [-0.4, -0.2) is 38.6 Å². The lowest BCUT2D eigenvalue weighted by molar-refractivity contribution is -0.122. The molecular weight excluding hydrogens is 378 g/mol. The number of nitrogens with one attached hydrogen (secondary N) is 1. The second kappa shape index (κ2) is 8.24. The lowest BCUT2D eigenvalue weighted by Crippen LogP contribution is -2.46. The molecule has 2 aromatic heterocycles. The summed E-state index contributed by atoms with van der Waals surface area (Å²) < 4.78 is 0. The molecule has 0 spiro atoms. The van der Waals surface area contributed by atoms with Crippen molar-refractivity contribution >= 4 is 34.3 Å². The van der Waals surface area contributed by atoms with E-state index in [-0.39, 0.29) is 11.9 Å². The zero-order valence-corrected chi connectivity index (χ0v) is 16.7. The Balaban J connectivity index is 1.47. The summed E-state index contributed by atoms with van der Waals surface area (Å²) in [5, 5.41) is 13.2. The molecule has 4 rings (SSSR count). The number of nitrogens with zero attached hydrogens (tertiary/aromatic N) is 4. The molecule has 8 heteroatoms. The van der Waals surface area contributed by atoms with E-state index in [9.17, 15) is 4.79 Å². The van der Waals surface area contributed by atoms with Crippen LogP contribution in [0.3, 0.4) is 0 Å². The normalized spacial score (nSPS) is 17.7. The van der Waals surface area contributed by atoms with Gasteiger partial charge < -0.3 is 5.32 Å². The minimum Gasteiger partial charge on any atom is -0.325 e. The largest absolute Gasteiger partial charge is 0.325 e. The first kappa shape index (κ1) is 18.2. The Kier molecular flexibility index (Phi) is 5.56. The number of rotatable bonds is 5. The number of piperidine rings is 1. The third kappa shape index (κ3) is 4.40. The molecule has 0 unspecified atom stereocenters. The van der Waals surface area contributed by atoms with Crippen LogP contribution in [0.25, 0.3) is 10.6 Å². The van der Waals surface area contributed by atoms with Crippen molar-refractivity contribution in [2.45, 2.75) is 38.8 Å². The number of anilines is 1. The second-order valence-electron chi connectivity index (χ2n) is 6.65. The molecule has 27 heavy (non-hydrogen) atoms. The summed E-state index contributed by atoms with van der Waals surface area (Å²) in [5.74, 6) is 0.0600. The molecule has 1 atom stereocenters. The number of aryl methyl sites for hydroxylation is 1. The summed E-state index contributed by atoms with van der Waals surface area (Å²) in [7, 11) is 0. The molecule has 3 heterocycles. The fourth-order valence-electron chi connectivity index (χ4n) is 3.37. The minimum absolute atomic E-state index is 0.0600. The van der Waals surface area contributed by atoms with Crippen LogP contribution < -0.4 is 5.32 Å². The van der Waals surface area contributed by atoms with Crippen LogP contribution in [0.1, 0.15) is 29.1 Å². The maximum atomic E-state index is 13.0. The molecule has 1 fully saturated rings. The Hall–Kier alpha value is -2.16. The molecule has 1 amide bonds. The molecule has 1 aliphatic rings. The number of hydrogen-bond donors (Lipinski definition) is 1. The number of carbonyl (C=O) groups excluding carboxylic acids is 1. The molecule has 1 aromatic carbocycles. The Bertz CT molecular complexity index is 908. The van der Waals surface area contributed by atoms with Crippen LogP contribution in [0.4, 0.5) is 5.69 Å². The van der Waals surface area contributed by atoms with E-state index in [0.29, 0.717) is 0 Å². The van der Waals surface area contributed by atoms with Gasteiger partial charge in [0.25, 0.3) is 0 Å². The van der Waals surface area contributed by atoms with Gasteiger partial charge in [-0.25, -0.2) is 0 Å². The molecule has 6 nitrogen and oxygen atoms in total. The highest BCUT2D eigenvalue weighted by Gasteiger charge is 2.29. The molecule has 1 N–H and O–H groups in total. The Labute approximate surface area is 166 Å². The molecule has 0 aliphatic carbocycles. The van der Waals surface area contributed by atoms with E-state index < -0.39 is 0 Å². The summed E-state index contributed by atoms with van der Waals surface area (Å²) in [6.45, 7) is 3.67. The molecule has 0 bridgehead atoms. The van der Waals surface area contributed by atoms with Crippen molar-refractivity contribution in [1.29, 1.82) is 0 Å². The number of likely N-dealkylation sites (tertiary alicyclic amines) is 1. The zero-order chi connectivity index (χ0) is 18.6. The quantitative estimate of drug-likeness (QED) is 0.703. The van der Waals surface area contributed by atoms with Crippen LogP contribution >= 0.6 is 22.7 Å². The van der Waals surface area contributed by atoms with Crippen molar-refractivity contribution in [3.63, 3.8) is 0 Å². The number of amides is 1. The van der Waals surface area contributed by atoms with Crippen LogP contribution in [0.5, 0.6) is 0 Å². The predicted octanol–water partition coefficient (Wildman–Crippen LogP) is 3.96. The van der Waals surface area contributed by atoms with Gasteiger partial charge in [-0.1, -0.05) is 29.9 Å². The Morgan fingerprint density at radius 3 is 3.04 bits per heavy atom. The standard InChI is InChI=1S/C19H21N5OS2/c1-13-22-23-19(27-13)14-5-4-6-15(9-14)21-18(25)17-7-2-3-8-24(17)11-16-10-20-12-26-16/h4-6,9-10,12,17H,2-3,7-8,11H2,1H3,(H,21,25)/t17-/m0/s1. The number of carbonyl (C=O) groups is 1. The van der Waals surface area contributed by atoms with Gasteiger partial charge in [-0.3, -0.25) is 14.7 Å². The predicted molar refractivity (Wildman–Crippen MR) is 109 cm³/mol. The maximum absolute atomic E-state index is 13.0. The SMILES string of the molecule is Cc1nnc(-c2cccc(NC(=O)[C@@H]3CCCCN3Cc3cncs3)c2)s1. The van der Waals surface area contributed by atoms with Gasteiger partial charge in [0.1, 0.15) is 10.0 Å². The maximum Gasteiger partial charge on any atom is 0.241 e. The Morgan fingerprint density at radius 2 is 2.26 bits per heavy atom. The summed E-state index contributed by atoms with van der Waals surface area (Å²) in [4.78, 5) is 20.6. The van der Waals surface area contributed by atoms with Crippen molar-refractivity contribution in [3.05, 3.63) is 45.9 Å². The average molecular weight is 400 g/mol. The first-order chi connectivity index (χ1) is 13.2. The summed E-state index contributed by atoms with van der Waals surface area (Å²) in [5.41, 5.74) is 3.62. The molecular formula is C19H21N5OS2. The lowest BCUT2D eigenvalue weighted by atomic mass is 10.0. The van der Waals surface area contributed by atoms with Crippen LogP contribution in [-0.2, 0) is 11.3 Å². The van der Waals surface area contributed by atoms with E-state index in [2.05, 4.69) is 25.4 Å². The van der Waals surface area contributed by atoms with Crippen LogP contribution in [0.15, 0.2) is 36.0 Å². The number of aromatic nitrogens is 3. The average Bonchev–Trinajstić information content (AvgIpc) is 3.34. The fraction of sp³-hybridized carbons (Fsp3) is 0.368. The van der Waals surface area contributed by atoms with E-state index in [1.54, 1.807) is 22.7 Å². The van der Waals surface area contributed by atoms with Gasteiger partial charge in [-0.05, 0) is 38.4 Å². The van der Waals surface area contributed by atoms with Crippen molar-refractivity contribution in [2.24, 2.45) is 0 Å². The summed E-state index contributed by atoms with van der Waals surface area (Å²) in [6, 6.07) is 7.72. The van der Waals surface area contributed by atoms with Gasteiger partial charge in [-0.2, -0.15) is 0 Å². The van der Waals surface area contributed by atoms with Gasteiger partial charge >= 0.3 is 0 Å². The van der Waals surface area contributed by atoms with Gasteiger partial charge in [0, 0.05) is 28.9 Å².